The predicted octanol–water partition coefficient (Wildman–Crippen LogP) is 3.61. The molecule has 0 saturated heterocycles. The number of anilines is 1. The maximum Gasteiger partial charge on any atom is 0.573 e. The van der Waals surface area contributed by atoms with Gasteiger partial charge >= 0.3 is 6.36 Å². The molecule has 0 unspecified atom stereocenters. The zero-order chi connectivity index (χ0) is 21.7. The third-order valence-corrected chi connectivity index (χ3v) is 4.04. The first kappa shape index (κ1) is 20.9. The molecule has 10 heteroatoms. The fourth-order valence-electron chi connectivity index (χ4n) is 2.63. The summed E-state index contributed by atoms with van der Waals surface area (Å²) in [6.07, 6.45) is -0.906. The average Bonchev–Trinajstić information content (AvgIpc) is 3.14. The molecule has 0 spiro atoms. The monoisotopic (exact) mass is 418 g/mol. The number of halogens is 3. The summed E-state index contributed by atoms with van der Waals surface area (Å²) in [4.78, 5) is 25.5. The van der Waals surface area contributed by atoms with E-state index in [1.54, 1.807) is 24.4 Å². The Hall–Kier alpha value is -3.82. The van der Waals surface area contributed by atoms with Crippen molar-refractivity contribution in [3.05, 3.63) is 66.4 Å². The van der Waals surface area contributed by atoms with Gasteiger partial charge in [0, 0.05) is 36.8 Å². The SMILES string of the molecule is CN(Cc1ccc(OC(F)(F)F)cc1)C(=O)C=CC(=O)Nc1ccc2[nH]ncc2c1. The molecule has 2 aromatic carbocycles. The molecule has 0 fully saturated rings. The molecule has 3 aromatic rings. The van der Waals surface area contributed by atoms with E-state index in [-0.39, 0.29) is 12.3 Å². The number of nitrogens with zero attached hydrogens (tertiary/aromatic N) is 2. The highest BCUT2D eigenvalue weighted by Crippen LogP contribution is 2.23. The zero-order valence-electron chi connectivity index (χ0n) is 15.7. The van der Waals surface area contributed by atoms with Crippen molar-refractivity contribution >= 4 is 28.4 Å². The van der Waals surface area contributed by atoms with Crippen LogP contribution in [0.25, 0.3) is 10.9 Å². The lowest BCUT2D eigenvalue weighted by Gasteiger charge is -2.15. The number of carbonyl (C=O) groups is 2. The predicted molar refractivity (Wildman–Crippen MR) is 103 cm³/mol. The van der Waals surface area contributed by atoms with Crippen LogP contribution < -0.4 is 10.1 Å². The van der Waals surface area contributed by atoms with Crippen LogP contribution in [0.2, 0.25) is 0 Å². The lowest BCUT2D eigenvalue weighted by atomic mass is 10.2. The van der Waals surface area contributed by atoms with Gasteiger partial charge in [0.05, 0.1) is 11.7 Å². The summed E-state index contributed by atoms with van der Waals surface area (Å²) in [5.74, 6) is -1.26. The Kier molecular flexibility index (Phi) is 6.05. The minimum Gasteiger partial charge on any atom is -0.406 e. The topological polar surface area (TPSA) is 87.3 Å². The summed E-state index contributed by atoms with van der Waals surface area (Å²) in [6.45, 7) is 0.147. The van der Waals surface area contributed by atoms with Gasteiger partial charge in [0.15, 0.2) is 0 Å². The fourth-order valence-corrected chi connectivity index (χ4v) is 2.63. The number of H-pyrrole nitrogens is 1. The number of amides is 2. The molecular weight excluding hydrogens is 401 g/mol. The van der Waals surface area contributed by atoms with E-state index < -0.39 is 18.2 Å². The zero-order valence-corrected chi connectivity index (χ0v) is 15.7. The molecular formula is C20H17F3N4O3. The molecule has 0 aliphatic rings. The molecule has 0 atom stereocenters. The normalized spacial score (nSPS) is 11.6. The Morgan fingerprint density at radius 1 is 1.17 bits per heavy atom. The van der Waals surface area contributed by atoms with Crippen LogP contribution in [0.3, 0.4) is 0 Å². The molecule has 0 aliphatic carbocycles. The van der Waals surface area contributed by atoms with Crippen LogP contribution in [0, 0.1) is 0 Å². The molecule has 1 aromatic heterocycles. The molecule has 30 heavy (non-hydrogen) atoms. The van der Waals surface area contributed by atoms with Gasteiger partial charge in [-0.25, -0.2) is 0 Å². The smallest absolute Gasteiger partial charge is 0.406 e. The third kappa shape index (κ3) is 5.84. The second-order valence-electron chi connectivity index (χ2n) is 6.38. The van der Waals surface area contributed by atoms with Gasteiger partial charge in [-0.15, -0.1) is 13.2 Å². The summed E-state index contributed by atoms with van der Waals surface area (Å²) < 4.78 is 40.3. The van der Waals surface area contributed by atoms with Crippen molar-refractivity contribution in [1.29, 1.82) is 0 Å². The Morgan fingerprint density at radius 3 is 2.60 bits per heavy atom. The third-order valence-electron chi connectivity index (χ3n) is 4.04. The van der Waals surface area contributed by atoms with Crippen molar-refractivity contribution in [1.82, 2.24) is 15.1 Å². The lowest BCUT2D eigenvalue weighted by Crippen LogP contribution is -2.24. The maximum absolute atomic E-state index is 12.2. The quantitative estimate of drug-likeness (QED) is 0.599. The van der Waals surface area contributed by atoms with Crippen molar-refractivity contribution in [2.75, 3.05) is 12.4 Å². The van der Waals surface area contributed by atoms with Crippen molar-refractivity contribution in [2.24, 2.45) is 0 Å². The minimum absolute atomic E-state index is 0.147. The Bertz CT molecular complexity index is 1070. The van der Waals surface area contributed by atoms with Crippen LogP contribution in [-0.2, 0) is 16.1 Å². The highest BCUT2D eigenvalue weighted by atomic mass is 19.4. The van der Waals surface area contributed by atoms with Crippen molar-refractivity contribution < 1.29 is 27.5 Å². The van der Waals surface area contributed by atoms with E-state index >= 15 is 0 Å². The number of fused-ring (bicyclic) bond motifs is 1. The van der Waals surface area contributed by atoms with Gasteiger partial charge in [-0.3, -0.25) is 14.7 Å². The first-order valence-corrected chi connectivity index (χ1v) is 8.71. The molecule has 0 bridgehead atoms. The van der Waals surface area contributed by atoms with Gasteiger partial charge in [0.25, 0.3) is 0 Å². The summed E-state index contributed by atoms with van der Waals surface area (Å²) in [5.41, 5.74) is 1.99. The highest BCUT2D eigenvalue weighted by Gasteiger charge is 2.30. The van der Waals surface area contributed by atoms with Gasteiger partial charge in [-0.2, -0.15) is 5.10 Å². The number of carbonyl (C=O) groups excluding carboxylic acids is 2. The Balaban J connectivity index is 1.52. The van der Waals surface area contributed by atoms with Crippen LogP contribution in [0.4, 0.5) is 18.9 Å². The molecule has 3 rings (SSSR count). The van der Waals surface area contributed by atoms with Crippen molar-refractivity contribution in [2.45, 2.75) is 12.9 Å². The van der Waals surface area contributed by atoms with E-state index in [0.717, 1.165) is 23.1 Å². The molecule has 2 N–H and O–H groups in total. The number of alkyl halides is 3. The van der Waals surface area contributed by atoms with Crippen LogP contribution >= 0.6 is 0 Å². The molecule has 0 saturated carbocycles. The number of nitrogens with one attached hydrogen (secondary N) is 2. The summed E-state index contributed by atoms with van der Waals surface area (Å²) in [7, 11) is 1.51. The van der Waals surface area contributed by atoms with Gasteiger partial charge < -0.3 is 15.0 Å². The summed E-state index contributed by atoms with van der Waals surface area (Å²) in [6, 6.07) is 10.4. The van der Waals surface area contributed by atoms with E-state index in [0.29, 0.717) is 11.3 Å². The molecule has 1 heterocycles. The number of benzene rings is 2. The number of aromatic amines is 1. The second kappa shape index (κ2) is 8.68. The van der Waals surface area contributed by atoms with E-state index in [1.165, 1.54) is 36.2 Å². The van der Waals surface area contributed by atoms with Crippen LogP contribution in [0.1, 0.15) is 5.56 Å². The second-order valence-corrected chi connectivity index (χ2v) is 6.38. The lowest BCUT2D eigenvalue weighted by molar-refractivity contribution is -0.274. The van der Waals surface area contributed by atoms with E-state index in [2.05, 4.69) is 20.3 Å². The van der Waals surface area contributed by atoms with Crippen LogP contribution in [-0.4, -0.2) is 40.3 Å². The molecule has 7 nitrogen and oxygen atoms in total. The number of hydrogen-bond donors (Lipinski definition) is 2. The maximum atomic E-state index is 12.2. The highest BCUT2D eigenvalue weighted by molar-refractivity contribution is 6.04. The van der Waals surface area contributed by atoms with Crippen LogP contribution in [0.15, 0.2) is 60.8 Å². The summed E-state index contributed by atoms with van der Waals surface area (Å²) in [5, 5.41) is 10.2. The fraction of sp³-hybridized carbons (Fsp3) is 0.150. The number of hydrogen-bond acceptors (Lipinski definition) is 4. The molecule has 0 radical (unpaired) electrons. The molecule has 0 aliphatic heterocycles. The van der Waals surface area contributed by atoms with E-state index in [9.17, 15) is 22.8 Å². The Morgan fingerprint density at radius 2 is 1.90 bits per heavy atom. The van der Waals surface area contributed by atoms with Crippen molar-refractivity contribution in [3.63, 3.8) is 0 Å². The summed E-state index contributed by atoms with van der Waals surface area (Å²) >= 11 is 0. The molecule has 156 valence electrons. The number of ether oxygens (including phenoxy) is 1. The minimum atomic E-state index is -4.76. The van der Waals surface area contributed by atoms with Crippen molar-refractivity contribution in [3.8, 4) is 5.75 Å². The van der Waals surface area contributed by atoms with Gasteiger partial charge in [0.2, 0.25) is 11.8 Å². The van der Waals surface area contributed by atoms with Crippen LogP contribution in [0.5, 0.6) is 5.75 Å². The number of rotatable bonds is 6. The number of aromatic nitrogens is 2. The van der Waals surface area contributed by atoms with Gasteiger partial charge in [-0.05, 0) is 35.9 Å². The largest absolute Gasteiger partial charge is 0.573 e. The average molecular weight is 418 g/mol. The standard InChI is InChI=1S/C20H17F3N4O3/c1-27(12-13-2-5-16(6-3-13)30-20(21,22)23)19(29)9-8-18(28)25-15-4-7-17-14(10-15)11-24-26-17/h2-11H,12H2,1H3,(H,24,26)(H,25,28). The van der Waals surface area contributed by atoms with Gasteiger partial charge in [-0.1, -0.05) is 12.1 Å². The molecule has 2 amide bonds. The van der Waals surface area contributed by atoms with Gasteiger partial charge in [0.1, 0.15) is 5.75 Å². The van der Waals surface area contributed by atoms with E-state index in [4.69, 9.17) is 0 Å². The number of likely N-dealkylation sites (N-methyl/N-ethyl adjacent to an activating group) is 1. The van der Waals surface area contributed by atoms with E-state index in [1.807, 2.05) is 0 Å². The first-order chi connectivity index (χ1) is 14.2. The first-order valence-electron chi connectivity index (χ1n) is 8.71. The Labute approximate surface area is 169 Å².